The van der Waals surface area contributed by atoms with Crippen molar-refractivity contribution in [3.63, 3.8) is 0 Å². The van der Waals surface area contributed by atoms with Crippen LogP contribution in [-0.2, 0) is 6.42 Å². The minimum atomic E-state index is 0.101. The summed E-state index contributed by atoms with van der Waals surface area (Å²) in [4.78, 5) is 10.9. The minimum Gasteiger partial charge on any atom is -0.309 e. The molecule has 0 unspecified atom stereocenters. The fourth-order valence-corrected chi connectivity index (χ4v) is 8.81. The number of para-hydroxylation sites is 4. The molecule has 0 spiro atoms. The maximum Gasteiger partial charge on any atom is 0.161 e. The Balaban J connectivity index is 1.12. The van der Waals surface area contributed by atoms with Gasteiger partial charge in [-0.05, 0) is 83.6 Å². The summed E-state index contributed by atoms with van der Waals surface area (Å²) in [5, 5.41) is 4.95. The fraction of sp³-hybridized carbons (Fsp3) is 0.0612. The molecular formula is C49H34N4. The maximum absolute atomic E-state index is 5.46. The number of fused-ring (bicyclic) bond motifs is 9. The average molecular weight is 679 g/mol. The standard InChI is InChI=1S/C49H34N4/c1-2-14-35-32(13-1)27-30-38(37-16-4-3-15-36(35)37)43-31-48(53-46-23-11-7-19-41(46)42-20-8-12-24-47(42)53)51-49(50-43)33-25-28-34(29-26-33)52-44-21-9-5-17-39(44)40-18-6-10-22-45(40)52/h1-26,28-29,31,38H,27,30H2/t38-/m0/s1. The summed E-state index contributed by atoms with van der Waals surface area (Å²) < 4.78 is 4.68. The predicted octanol–water partition coefficient (Wildman–Crippen LogP) is 12.1. The first-order valence-electron chi connectivity index (χ1n) is 18.4. The molecular weight excluding hydrogens is 645 g/mol. The van der Waals surface area contributed by atoms with E-state index in [1.54, 1.807) is 0 Å². The molecule has 10 aromatic rings. The van der Waals surface area contributed by atoms with Crippen LogP contribution in [0.2, 0.25) is 0 Å². The smallest absolute Gasteiger partial charge is 0.161 e. The van der Waals surface area contributed by atoms with E-state index in [1.165, 1.54) is 54.8 Å². The van der Waals surface area contributed by atoms with Gasteiger partial charge in [0.2, 0.25) is 0 Å². The number of benzene rings is 7. The monoisotopic (exact) mass is 678 g/mol. The van der Waals surface area contributed by atoms with Gasteiger partial charge in [-0.15, -0.1) is 0 Å². The molecule has 0 N–H and O–H groups in total. The van der Waals surface area contributed by atoms with Gasteiger partial charge in [-0.25, -0.2) is 9.97 Å². The summed E-state index contributed by atoms with van der Waals surface area (Å²) in [7, 11) is 0. The number of aryl methyl sites for hydroxylation is 1. The van der Waals surface area contributed by atoms with Crippen LogP contribution in [0.15, 0.2) is 176 Å². The molecule has 1 aliphatic carbocycles. The van der Waals surface area contributed by atoms with Crippen molar-refractivity contribution < 1.29 is 0 Å². The zero-order valence-electron chi connectivity index (χ0n) is 29.0. The highest BCUT2D eigenvalue weighted by atomic mass is 15.1. The third kappa shape index (κ3) is 4.69. The average Bonchev–Trinajstić information content (AvgIpc) is 3.68. The number of nitrogens with zero attached hydrogens (tertiary/aromatic N) is 4. The van der Waals surface area contributed by atoms with E-state index in [2.05, 4.69) is 185 Å². The Morgan fingerprint density at radius 1 is 0.453 bits per heavy atom. The molecule has 0 fully saturated rings. The Kier molecular flexibility index (Phi) is 6.71. The van der Waals surface area contributed by atoms with Crippen molar-refractivity contribution >= 4 is 43.6 Å². The van der Waals surface area contributed by atoms with E-state index in [9.17, 15) is 0 Å². The lowest BCUT2D eigenvalue weighted by molar-refractivity contribution is 0.702. The summed E-state index contributed by atoms with van der Waals surface area (Å²) in [6, 6.07) is 63.4. The largest absolute Gasteiger partial charge is 0.309 e. The Bertz CT molecular complexity index is 2910. The van der Waals surface area contributed by atoms with Gasteiger partial charge >= 0.3 is 0 Å². The molecule has 1 atom stereocenters. The van der Waals surface area contributed by atoms with Crippen LogP contribution in [0, 0.1) is 0 Å². The number of hydrogen-bond acceptors (Lipinski definition) is 2. The van der Waals surface area contributed by atoms with Crippen molar-refractivity contribution in [2.75, 3.05) is 0 Å². The molecule has 4 nitrogen and oxygen atoms in total. The minimum absolute atomic E-state index is 0.101. The molecule has 53 heavy (non-hydrogen) atoms. The second kappa shape index (κ2) is 11.9. The van der Waals surface area contributed by atoms with E-state index in [0.29, 0.717) is 0 Å². The summed E-state index contributed by atoms with van der Waals surface area (Å²) in [5.41, 5.74) is 13.1. The second-order valence-electron chi connectivity index (χ2n) is 14.1. The molecule has 3 heterocycles. The van der Waals surface area contributed by atoms with Gasteiger partial charge in [0, 0.05) is 44.8 Å². The van der Waals surface area contributed by atoms with Crippen LogP contribution in [0.1, 0.15) is 29.2 Å². The normalized spacial score (nSPS) is 14.1. The van der Waals surface area contributed by atoms with Crippen molar-refractivity contribution in [2.24, 2.45) is 0 Å². The Morgan fingerprint density at radius 2 is 0.962 bits per heavy atom. The predicted molar refractivity (Wildman–Crippen MR) is 218 cm³/mol. The van der Waals surface area contributed by atoms with Crippen molar-refractivity contribution in [3.8, 4) is 34.0 Å². The first kappa shape index (κ1) is 29.9. The van der Waals surface area contributed by atoms with Crippen LogP contribution >= 0.6 is 0 Å². The molecule has 3 aromatic heterocycles. The summed E-state index contributed by atoms with van der Waals surface area (Å²) in [6.45, 7) is 0. The second-order valence-corrected chi connectivity index (χ2v) is 14.1. The molecule has 0 saturated heterocycles. The van der Waals surface area contributed by atoms with Gasteiger partial charge in [-0.2, -0.15) is 0 Å². The molecule has 0 radical (unpaired) electrons. The van der Waals surface area contributed by atoms with Crippen LogP contribution in [0.25, 0.3) is 77.6 Å². The van der Waals surface area contributed by atoms with Gasteiger partial charge in [-0.3, -0.25) is 4.57 Å². The summed E-state index contributed by atoms with van der Waals surface area (Å²) >= 11 is 0. The van der Waals surface area contributed by atoms with E-state index in [4.69, 9.17) is 9.97 Å². The van der Waals surface area contributed by atoms with E-state index in [1.807, 2.05) is 0 Å². The summed E-state index contributed by atoms with van der Waals surface area (Å²) in [5.74, 6) is 1.71. The molecule has 0 saturated carbocycles. The SMILES string of the molecule is c1ccc2c(c1)CC[C@H](c1cc(-n3c4ccccc4c4ccccc43)nc(-c3ccc(-n4c5ccccc5c5ccccc54)cc3)n1)c1ccccc1-2. The van der Waals surface area contributed by atoms with Crippen molar-refractivity contribution in [1.82, 2.24) is 19.1 Å². The Labute approximate surface area is 307 Å². The molecule has 0 bridgehead atoms. The highest BCUT2D eigenvalue weighted by Gasteiger charge is 2.26. The quantitative estimate of drug-likeness (QED) is 0.186. The van der Waals surface area contributed by atoms with E-state index >= 15 is 0 Å². The number of rotatable bonds is 4. The van der Waals surface area contributed by atoms with Crippen molar-refractivity contribution in [2.45, 2.75) is 18.8 Å². The number of aromatic nitrogens is 4. The highest BCUT2D eigenvalue weighted by Crippen LogP contribution is 2.42. The van der Waals surface area contributed by atoms with Crippen molar-refractivity contribution in [3.05, 3.63) is 193 Å². The maximum atomic E-state index is 5.46. The van der Waals surface area contributed by atoms with Gasteiger partial charge in [0.1, 0.15) is 5.82 Å². The lowest BCUT2D eigenvalue weighted by Crippen LogP contribution is -2.09. The fourth-order valence-electron chi connectivity index (χ4n) is 8.81. The lowest BCUT2D eigenvalue weighted by Gasteiger charge is -2.20. The van der Waals surface area contributed by atoms with Gasteiger partial charge < -0.3 is 4.57 Å². The van der Waals surface area contributed by atoms with Crippen LogP contribution < -0.4 is 0 Å². The van der Waals surface area contributed by atoms with Gasteiger partial charge in [0.15, 0.2) is 5.82 Å². The Morgan fingerprint density at radius 3 is 1.58 bits per heavy atom. The third-order valence-corrected chi connectivity index (χ3v) is 11.2. The molecule has 0 amide bonds. The van der Waals surface area contributed by atoms with Gasteiger partial charge in [0.05, 0.1) is 27.8 Å². The number of hydrogen-bond donors (Lipinski definition) is 0. The van der Waals surface area contributed by atoms with Crippen molar-refractivity contribution in [1.29, 1.82) is 0 Å². The molecule has 11 rings (SSSR count). The van der Waals surface area contributed by atoms with Crippen LogP contribution in [0.5, 0.6) is 0 Å². The molecule has 250 valence electrons. The highest BCUT2D eigenvalue weighted by molar-refractivity contribution is 6.10. The Hall–Kier alpha value is -6.78. The van der Waals surface area contributed by atoms with Gasteiger partial charge in [-0.1, -0.05) is 121 Å². The van der Waals surface area contributed by atoms with E-state index in [-0.39, 0.29) is 5.92 Å². The molecule has 1 aliphatic rings. The first-order valence-corrected chi connectivity index (χ1v) is 18.4. The molecule has 7 aromatic carbocycles. The zero-order valence-corrected chi connectivity index (χ0v) is 29.0. The summed E-state index contributed by atoms with van der Waals surface area (Å²) in [6.07, 6.45) is 1.94. The lowest BCUT2D eigenvalue weighted by atomic mass is 9.88. The van der Waals surface area contributed by atoms with Gasteiger partial charge in [0.25, 0.3) is 0 Å². The van der Waals surface area contributed by atoms with E-state index < -0.39 is 0 Å². The van der Waals surface area contributed by atoms with Crippen LogP contribution in [0.3, 0.4) is 0 Å². The van der Waals surface area contributed by atoms with Crippen LogP contribution in [0.4, 0.5) is 0 Å². The zero-order chi connectivity index (χ0) is 34.9. The molecule has 4 heteroatoms. The first-order chi connectivity index (χ1) is 26.3. The van der Waals surface area contributed by atoms with Crippen LogP contribution in [-0.4, -0.2) is 19.1 Å². The molecule has 0 aliphatic heterocycles. The topological polar surface area (TPSA) is 35.6 Å². The third-order valence-electron chi connectivity index (χ3n) is 11.2. The van der Waals surface area contributed by atoms with E-state index in [0.717, 1.165) is 52.5 Å².